The van der Waals surface area contributed by atoms with Crippen LogP contribution in [0, 0.1) is 0 Å². The topological polar surface area (TPSA) is 35.5 Å². The Morgan fingerprint density at radius 1 is 1.19 bits per heavy atom. The third-order valence-electron chi connectivity index (χ3n) is 2.40. The molecule has 2 N–H and O–H groups in total. The standard InChI is InChI=1S/C10H13ClN2O.2BrH/c11-8-1-2-10(14)9(7-8)13-5-3-12-4-6-13;;/h1-2,7,12,14H,3-6H2;2*1H. The second-order valence-electron chi connectivity index (χ2n) is 3.37. The monoisotopic (exact) mass is 372 g/mol. The molecule has 0 unspecified atom stereocenters. The number of phenolic OH excluding ortho intramolecular Hbond substituents is 1. The summed E-state index contributed by atoms with van der Waals surface area (Å²) in [6.07, 6.45) is 0. The highest BCUT2D eigenvalue weighted by Gasteiger charge is 2.13. The van der Waals surface area contributed by atoms with Crippen molar-refractivity contribution in [1.29, 1.82) is 0 Å². The molecule has 2 rings (SSSR count). The third-order valence-corrected chi connectivity index (χ3v) is 2.63. The largest absolute Gasteiger partial charge is 0.506 e. The molecule has 0 saturated carbocycles. The summed E-state index contributed by atoms with van der Waals surface area (Å²) in [7, 11) is 0. The van der Waals surface area contributed by atoms with Crippen LogP contribution in [0.1, 0.15) is 0 Å². The van der Waals surface area contributed by atoms with Crippen molar-refractivity contribution in [3.05, 3.63) is 23.2 Å². The van der Waals surface area contributed by atoms with Gasteiger partial charge in [-0.05, 0) is 18.2 Å². The molecule has 1 heterocycles. The number of hydrogen-bond donors (Lipinski definition) is 2. The van der Waals surface area contributed by atoms with Gasteiger partial charge in [0, 0.05) is 31.2 Å². The summed E-state index contributed by atoms with van der Waals surface area (Å²) >= 11 is 5.88. The second-order valence-corrected chi connectivity index (χ2v) is 3.81. The fourth-order valence-corrected chi connectivity index (χ4v) is 1.82. The summed E-state index contributed by atoms with van der Waals surface area (Å²) in [5, 5.41) is 13.6. The molecular weight excluding hydrogens is 359 g/mol. The predicted octanol–water partition coefficient (Wildman–Crippen LogP) is 2.61. The van der Waals surface area contributed by atoms with Gasteiger partial charge in [-0.3, -0.25) is 0 Å². The number of benzene rings is 1. The number of nitrogens with zero attached hydrogens (tertiary/aromatic N) is 1. The quantitative estimate of drug-likeness (QED) is 0.793. The van der Waals surface area contributed by atoms with Gasteiger partial charge in [-0.25, -0.2) is 0 Å². The van der Waals surface area contributed by atoms with Gasteiger partial charge in [-0.2, -0.15) is 0 Å². The minimum Gasteiger partial charge on any atom is -0.506 e. The number of hydrogen-bond acceptors (Lipinski definition) is 3. The number of aromatic hydroxyl groups is 1. The number of anilines is 1. The van der Waals surface area contributed by atoms with Gasteiger partial charge in [0.15, 0.2) is 0 Å². The lowest BCUT2D eigenvalue weighted by molar-refractivity contribution is 0.470. The Bertz CT molecular complexity index is 333. The minimum absolute atomic E-state index is 0. The van der Waals surface area contributed by atoms with Crippen LogP contribution >= 0.6 is 45.6 Å². The van der Waals surface area contributed by atoms with Gasteiger partial charge in [0.25, 0.3) is 0 Å². The minimum atomic E-state index is 0. The molecule has 0 amide bonds. The molecule has 3 nitrogen and oxygen atoms in total. The van der Waals surface area contributed by atoms with Gasteiger partial charge < -0.3 is 15.3 Å². The van der Waals surface area contributed by atoms with Crippen LogP contribution < -0.4 is 10.2 Å². The molecule has 0 atom stereocenters. The third kappa shape index (κ3) is 3.80. The molecule has 1 saturated heterocycles. The van der Waals surface area contributed by atoms with Gasteiger partial charge in [0.2, 0.25) is 0 Å². The molecule has 0 aliphatic carbocycles. The van der Waals surface area contributed by atoms with Crippen molar-refractivity contribution >= 4 is 51.3 Å². The number of nitrogens with one attached hydrogen (secondary N) is 1. The van der Waals surface area contributed by atoms with Crippen LogP contribution in [0.5, 0.6) is 5.75 Å². The maximum Gasteiger partial charge on any atom is 0.138 e. The molecular formula is C10H15Br2ClN2O. The van der Waals surface area contributed by atoms with Crippen molar-refractivity contribution in [1.82, 2.24) is 5.32 Å². The highest BCUT2D eigenvalue weighted by molar-refractivity contribution is 8.93. The van der Waals surface area contributed by atoms with Crippen LogP contribution in [-0.4, -0.2) is 31.3 Å². The van der Waals surface area contributed by atoms with E-state index in [0.29, 0.717) is 10.8 Å². The van der Waals surface area contributed by atoms with E-state index in [1.165, 1.54) is 0 Å². The summed E-state index contributed by atoms with van der Waals surface area (Å²) in [6, 6.07) is 5.14. The fourth-order valence-electron chi connectivity index (χ4n) is 1.66. The van der Waals surface area contributed by atoms with Crippen molar-refractivity contribution in [2.75, 3.05) is 31.1 Å². The molecule has 1 aliphatic rings. The predicted molar refractivity (Wildman–Crippen MR) is 78.8 cm³/mol. The first-order valence-corrected chi connectivity index (χ1v) is 5.09. The van der Waals surface area contributed by atoms with Crippen LogP contribution in [0.4, 0.5) is 5.69 Å². The van der Waals surface area contributed by atoms with Gasteiger partial charge in [-0.1, -0.05) is 11.6 Å². The van der Waals surface area contributed by atoms with Crippen molar-refractivity contribution in [2.45, 2.75) is 0 Å². The zero-order valence-electron chi connectivity index (χ0n) is 8.65. The highest BCUT2D eigenvalue weighted by Crippen LogP contribution is 2.30. The molecule has 1 fully saturated rings. The summed E-state index contributed by atoms with van der Waals surface area (Å²) in [5.41, 5.74) is 0.832. The average molecular weight is 375 g/mol. The SMILES string of the molecule is Br.Br.Oc1ccc(Cl)cc1N1CCNCC1. The average Bonchev–Trinajstić information content (AvgIpc) is 2.23. The van der Waals surface area contributed by atoms with E-state index in [4.69, 9.17) is 11.6 Å². The lowest BCUT2D eigenvalue weighted by atomic mass is 10.2. The second kappa shape index (κ2) is 7.37. The number of rotatable bonds is 1. The van der Waals surface area contributed by atoms with Crippen LogP contribution in [0.3, 0.4) is 0 Å². The van der Waals surface area contributed by atoms with Crippen molar-refractivity contribution < 1.29 is 5.11 Å². The summed E-state index contributed by atoms with van der Waals surface area (Å²) in [5.74, 6) is 0.302. The summed E-state index contributed by atoms with van der Waals surface area (Å²) in [6.45, 7) is 3.72. The van der Waals surface area contributed by atoms with Crippen LogP contribution in [0.15, 0.2) is 18.2 Å². The maximum absolute atomic E-state index is 9.67. The van der Waals surface area contributed by atoms with Gasteiger partial charge in [0.05, 0.1) is 5.69 Å². The van der Waals surface area contributed by atoms with Crippen molar-refractivity contribution in [3.63, 3.8) is 0 Å². The molecule has 0 spiro atoms. The zero-order valence-corrected chi connectivity index (χ0v) is 12.8. The molecule has 0 bridgehead atoms. The molecule has 16 heavy (non-hydrogen) atoms. The fraction of sp³-hybridized carbons (Fsp3) is 0.400. The Labute approximate surface area is 121 Å². The normalized spacial score (nSPS) is 14.9. The van der Waals surface area contributed by atoms with E-state index in [1.807, 2.05) is 6.07 Å². The Balaban J connectivity index is 0.00000112. The molecule has 1 aromatic rings. The van der Waals surface area contributed by atoms with E-state index >= 15 is 0 Å². The first-order chi connectivity index (χ1) is 6.77. The van der Waals surface area contributed by atoms with Crippen LogP contribution in [0.2, 0.25) is 5.02 Å². The van der Waals surface area contributed by atoms with E-state index in [1.54, 1.807) is 12.1 Å². The number of halogens is 3. The van der Waals surface area contributed by atoms with E-state index < -0.39 is 0 Å². The first-order valence-electron chi connectivity index (χ1n) is 4.71. The number of piperazine rings is 1. The van der Waals surface area contributed by atoms with Crippen LogP contribution in [-0.2, 0) is 0 Å². The van der Waals surface area contributed by atoms with Gasteiger partial charge in [0.1, 0.15) is 5.75 Å². The first kappa shape index (κ1) is 16.0. The Morgan fingerprint density at radius 2 is 1.81 bits per heavy atom. The molecule has 1 aliphatic heterocycles. The Kier molecular flexibility index (Phi) is 7.39. The summed E-state index contributed by atoms with van der Waals surface area (Å²) < 4.78 is 0. The summed E-state index contributed by atoms with van der Waals surface area (Å²) in [4.78, 5) is 2.14. The van der Waals surface area contributed by atoms with Crippen molar-refractivity contribution in [2.24, 2.45) is 0 Å². The zero-order chi connectivity index (χ0) is 9.97. The molecule has 0 radical (unpaired) electrons. The lowest BCUT2D eigenvalue weighted by Crippen LogP contribution is -2.43. The molecule has 92 valence electrons. The van der Waals surface area contributed by atoms with E-state index in [-0.39, 0.29) is 34.0 Å². The highest BCUT2D eigenvalue weighted by atomic mass is 79.9. The lowest BCUT2D eigenvalue weighted by Gasteiger charge is -2.29. The molecule has 0 aromatic heterocycles. The molecule has 1 aromatic carbocycles. The Hall–Kier alpha value is 0.0300. The van der Waals surface area contributed by atoms with Crippen molar-refractivity contribution in [3.8, 4) is 5.75 Å². The Morgan fingerprint density at radius 3 is 2.44 bits per heavy atom. The van der Waals surface area contributed by atoms with E-state index in [2.05, 4.69) is 10.2 Å². The van der Waals surface area contributed by atoms with E-state index in [9.17, 15) is 5.11 Å². The molecule has 6 heteroatoms. The van der Waals surface area contributed by atoms with Gasteiger partial charge >= 0.3 is 0 Å². The van der Waals surface area contributed by atoms with E-state index in [0.717, 1.165) is 31.9 Å². The van der Waals surface area contributed by atoms with Crippen LogP contribution in [0.25, 0.3) is 0 Å². The maximum atomic E-state index is 9.67. The number of phenols is 1. The van der Waals surface area contributed by atoms with Gasteiger partial charge in [-0.15, -0.1) is 34.0 Å². The smallest absolute Gasteiger partial charge is 0.138 e.